The lowest BCUT2D eigenvalue weighted by molar-refractivity contribution is 0.150. The molecular formula is C6H2BrCl2F2NO2S. The van der Waals surface area contributed by atoms with Crippen LogP contribution in [0, 0.1) is 0 Å². The van der Waals surface area contributed by atoms with Crippen LogP contribution in [0.2, 0.25) is 5.02 Å². The van der Waals surface area contributed by atoms with Gasteiger partial charge >= 0.3 is 0 Å². The first kappa shape index (κ1) is 13.1. The largest absolute Gasteiger partial charge is 0.267 e. The second-order valence-electron chi connectivity index (χ2n) is 2.38. The molecule has 0 amide bonds. The van der Waals surface area contributed by atoms with E-state index in [1.807, 2.05) is 0 Å². The second-order valence-corrected chi connectivity index (χ2v) is 6.04. The molecule has 0 aliphatic rings. The molecule has 0 unspecified atom stereocenters. The summed E-state index contributed by atoms with van der Waals surface area (Å²) >= 11 is 8.22. The molecule has 0 N–H and O–H groups in total. The van der Waals surface area contributed by atoms with Gasteiger partial charge in [0.05, 0.1) is 10.6 Å². The van der Waals surface area contributed by atoms with Crippen LogP contribution in [0.25, 0.3) is 0 Å². The van der Waals surface area contributed by atoms with Crippen LogP contribution in [-0.2, 0) is 9.05 Å². The van der Waals surface area contributed by atoms with Gasteiger partial charge in [-0.1, -0.05) is 11.6 Å². The molecule has 15 heavy (non-hydrogen) atoms. The summed E-state index contributed by atoms with van der Waals surface area (Å²) in [5, 5.41) is -0.623. The molecule has 1 heterocycles. The van der Waals surface area contributed by atoms with E-state index in [9.17, 15) is 17.2 Å². The van der Waals surface area contributed by atoms with E-state index < -0.39 is 31.0 Å². The van der Waals surface area contributed by atoms with Gasteiger partial charge in [0, 0.05) is 16.9 Å². The van der Waals surface area contributed by atoms with E-state index in [2.05, 4.69) is 20.9 Å². The maximum absolute atomic E-state index is 12.5. The summed E-state index contributed by atoms with van der Waals surface area (Å²) in [6.45, 7) is 0. The Morgan fingerprint density at radius 1 is 1.47 bits per heavy atom. The average molecular weight is 341 g/mol. The zero-order valence-corrected chi connectivity index (χ0v) is 10.6. The summed E-state index contributed by atoms with van der Waals surface area (Å²) in [5.41, 5.74) is -0.696. The van der Waals surface area contributed by atoms with Gasteiger partial charge in [0.2, 0.25) is 0 Å². The highest BCUT2D eigenvalue weighted by molar-refractivity contribution is 9.10. The Morgan fingerprint density at radius 3 is 2.40 bits per heavy atom. The van der Waals surface area contributed by atoms with Crippen molar-refractivity contribution in [2.45, 2.75) is 11.3 Å². The summed E-state index contributed by atoms with van der Waals surface area (Å²) in [6, 6.07) is 0. The SMILES string of the molecule is O=S(=O)(Cl)c1cnc(Br)c(C(F)F)c1Cl. The molecule has 0 aliphatic heterocycles. The van der Waals surface area contributed by atoms with Crippen molar-refractivity contribution in [3.8, 4) is 0 Å². The topological polar surface area (TPSA) is 47.0 Å². The first-order chi connectivity index (χ1) is 6.75. The highest BCUT2D eigenvalue weighted by Gasteiger charge is 2.25. The molecule has 0 saturated heterocycles. The van der Waals surface area contributed by atoms with Crippen molar-refractivity contribution in [3.05, 3.63) is 21.4 Å². The van der Waals surface area contributed by atoms with Gasteiger partial charge in [-0.15, -0.1) is 0 Å². The number of aromatic nitrogens is 1. The third-order valence-corrected chi connectivity index (χ3v) is 3.94. The van der Waals surface area contributed by atoms with E-state index in [0.717, 1.165) is 6.20 Å². The van der Waals surface area contributed by atoms with Crippen LogP contribution >= 0.6 is 38.2 Å². The Labute approximate surface area is 102 Å². The van der Waals surface area contributed by atoms with Crippen molar-refractivity contribution < 1.29 is 17.2 Å². The smallest absolute Gasteiger partial charge is 0.247 e. The van der Waals surface area contributed by atoms with Crippen LogP contribution in [0.4, 0.5) is 8.78 Å². The number of hydrogen-bond acceptors (Lipinski definition) is 3. The first-order valence-corrected chi connectivity index (χ1v) is 6.80. The van der Waals surface area contributed by atoms with Crippen LogP contribution in [-0.4, -0.2) is 13.4 Å². The zero-order chi connectivity index (χ0) is 11.8. The molecule has 0 bridgehead atoms. The van der Waals surface area contributed by atoms with Crippen molar-refractivity contribution in [3.63, 3.8) is 0 Å². The lowest BCUT2D eigenvalue weighted by atomic mass is 10.3. The predicted molar refractivity (Wildman–Crippen MR) is 54.9 cm³/mol. The normalized spacial score (nSPS) is 12.1. The maximum Gasteiger partial charge on any atom is 0.267 e. The van der Waals surface area contributed by atoms with Crippen molar-refractivity contribution in [1.29, 1.82) is 0 Å². The lowest BCUT2D eigenvalue weighted by Crippen LogP contribution is -1.99. The molecule has 0 radical (unpaired) electrons. The molecule has 0 aromatic carbocycles. The van der Waals surface area contributed by atoms with E-state index >= 15 is 0 Å². The summed E-state index contributed by atoms with van der Waals surface area (Å²) in [7, 11) is 0.798. The van der Waals surface area contributed by atoms with Gasteiger partial charge in [-0.2, -0.15) is 0 Å². The fourth-order valence-electron chi connectivity index (χ4n) is 0.821. The van der Waals surface area contributed by atoms with Crippen LogP contribution in [0.5, 0.6) is 0 Å². The van der Waals surface area contributed by atoms with Gasteiger partial charge in [-0.05, 0) is 15.9 Å². The average Bonchev–Trinajstić information content (AvgIpc) is 2.00. The van der Waals surface area contributed by atoms with Crippen LogP contribution in [0.1, 0.15) is 12.0 Å². The van der Waals surface area contributed by atoms with Gasteiger partial charge < -0.3 is 0 Å². The number of alkyl halides is 2. The quantitative estimate of drug-likeness (QED) is 0.612. The van der Waals surface area contributed by atoms with Gasteiger partial charge in [0.15, 0.2) is 0 Å². The summed E-state index contributed by atoms with van der Waals surface area (Å²) in [4.78, 5) is 2.78. The standard InChI is InChI=1S/C6H2BrCl2F2NO2S/c7-5-3(6(10)11)4(8)2(1-12-5)15(9,13)14/h1,6H. The monoisotopic (exact) mass is 339 g/mol. The number of rotatable bonds is 2. The molecule has 0 fully saturated rings. The molecule has 1 rings (SSSR count). The molecular weight excluding hydrogens is 339 g/mol. The molecule has 3 nitrogen and oxygen atoms in total. The third kappa shape index (κ3) is 2.77. The summed E-state index contributed by atoms with van der Waals surface area (Å²) < 4.78 is 46.6. The third-order valence-electron chi connectivity index (χ3n) is 1.45. The zero-order valence-electron chi connectivity index (χ0n) is 6.72. The minimum Gasteiger partial charge on any atom is -0.247 e. The van der Waals surface area contributed by atoms with E-state index in [4.69, 9.17) is 22.3 Å². The Morgan fingerprint density at radius 2 is 2.00 bits per heavy atom. The Kier molecular flexibility index (Phi) is 3.91. The predicted octanol–water partition coefficient (Wildman–Crippen LogP) is 3.36. The summed E-state index contributed by atoms with van der Waals surface area (Å²) in [6.07, 6.45) is -2.14. The Balaban J connectivity index is 3.56. The van der Waals surface area contributed by atoms with Gasteiger partial charge in [-0.3, -0.25) is 0 Å². The highest BCUT2D eigenvalue weighted by atomic mass is 79.9. The molecule has 1 aromatic rings. The lowest BCUT2D eigenvalue weighted by Gasteiger charge is -2.07. The van der Waals surface area contributed by atoms with Gasteiger partial charge in [0.25, 0.3) is 15.5 Å². The second kappa shape index (κ2) is 4.48. The van der Waals surface area contributed by atoms with Crippen LogP contribution < -0.4 is 0 Å². The number of pyridine rings is 1. The molecule has 0 spiro atoms. The molecule has 1 aromatic heterocycles. The van der Waals surface area contributed by atoms with Gasteiger partial charge in [0.1, 0.15) is 9.50 Å². The molecule has 0 aliphatic carbocycles. The fourth-order valence-corrected chi connectivity index (χ4v) is 2.91. The molecule has 9 heteroatoms. The Hall–Kier alpha value is 0.0200. The fraction of sp³-hybridized carbons (Fsp3) is 0.167. The van der Waals surface area contributed by atoms with E-state index in [-0.39, 0.29) is 4.60 Å². The van der Waals surface area contributed by atoms with E-state index in [1.54, 1.807) is 0 Å². The van der Waals surface area contributed by atoms with Gasteiger partial charge in [-0.25, -0.2) is 22.2 Å². The molecule has 0 atom stereocenters. The molecule has 0 saturated carbocycles. The minimum absolute atomic E-state index is 0.216. The van der Waals surface area contributed by atoms with Crippen LogP contribution in [0.3, 0.4) is 0 Å². The number of halogens is 5. The number of hydrogen-bond donors (Lipinski definition) is 0. The molecule has 84 valence electrons. The first-order valence-electron chi connectivity index (χ1n) is 3.32. The maximum atomic E-state index is 12.5. The summed E-state index contributed by atoms with van der Waals surface area (Å²) in [5.74, 6) is 0. The minimum atomic E-state index is -4.18. The van der Waals surface area contributed by atoms with Crippen molar-refractivity contribution in [2.24, 2.45) is 0 Å². The van der Waals surface area contributed by atoms with E-state index in [0.29, 0.717) is 0 Å². The van der Waals surface area contributed by atoms with E-state index in [1.165, 1.54) is 0 Å². The van der Waals surface area contributed by atoms with Crippen LogP contribution in [0.15, 0.2) is 15.7 Å². The van der Waals surface area contributed by atoms with Crippen molar-refractivity contribution in [2.75, 3.05) is 0 Å². The number of nitrogens with zero attached hydrogens (tertiary/aromatic N) is 1. The Bertz CT molecular complexity index is 494. The van der Waals surface area contributed by atoms with Crippen molar-refractivity contribution in [1.82, 2.24) is 4.98 Å². The highest BCUT2D eigenvalue weighted by Crippen LogP contribution is 2.37. The van der Waals surface area contributed by atoms with Crippen molar-refractivity contribution >= 4 is 47.3 Å².